The van der Waals surface area contributed by atoms with Crippen LogP contribution in [0.4, 0.5) is 0 Å². The normalized spacial score (nSPS) is 14.8. The third-order valence-electron chi connectivity index (χ3n) is 4.64. The molecule has 6 heteroatoms. The zero-order valence-corrected chi connectivity index (χ0v) is 20.1. The second-order valence-corrected chi connectivity index (χ2v) is 10.9. The minimum absolute atomic E-state index is 0.0901. The molecule has 0 radical (unpaired) electrons. The number of rotatable bonds is 19. The smallest absolute Gasteiger partial charge is 0.327 e. The van der Waals surface area contributed by atoms with Crippen LogP contribution in [0.3, 0.4) is 0 Å². The predicted octanol–water partition coefficient (Wildman–Crippen LogP) is 6.67. The highest BCUT2D eigenvalue weighted by molar-refractivity contribution is 8.00. The highest BCUT2D eigenvalue weighted by Crippen LogP contribution is 2.24. The number of thioether (sulfide) groups is 1. The number of nitrogens with two attached hydrogens (primary N) is 1. The van der Waals surface area contributed by atoms with Crippen LogP contribution < -0.4 is 5.73 Å². The van der Waals surface area contributed by atoms with Gasteiger partial charge in [-0.05, 0) is 25.0 Å². The van der Waals surface area contributed by atoms with Crippen molar-refractivity contribution in [3.63, 3.8) is 0 Å². The van der Waals surface area contributed by atoms with Crippen molar-refractivity contribution >= 4 is 20.4 Å². The monoisotopic (exact) mass is 433 g/mol. The van der Waals surface area contributed by atoms with Crippen LogP contribution in [-0.4, -0.2) is 34.4 Å². The average Bonchev–Trinajstić information content (AvgIpc) is 2.64. The Balaban J connectivity index is 3.29. The maximum Gasteiger partial charge on any atom is 0.327 e. The average molecular weight is 434 g/mol. The number of allylic oxidation sites excluding steroid dienone is 1. The van der Waals surface area contributed by atoms with E-state index in [2.05, 4.69) is 37.1 Å². The SMILES string of the molecule is CC(C)(C)SCCCCCCCCCCCCC/C=C/[C@@H](O)[C@@H](N)COP=O. The van der Waals surface area contributed by atoms with E-state index in [0.29, 0.717) is 4.75 Å². The fourth-order valence-electron chi connectivity index (χ4n) is 2.93. The predicted molar refractivity (Wildman–Crippen MR) is 124 cm³/mol. The Hall–Kier alpha value is 0.0700. The van der Waals surface area contributed by atoms with Gasteiger partial charge in [-0.2, -0.15) is 11.8 Å². The van der Waals surface area contributed by atoms with Crippen molar-refractivity contribution in [2.24, 2.45) is 5.73 Å². The van der Waals surface area contributed by atoms with Crippen LogP contribution in [0.1, 0.15) is 97.8 Å². The molecule has 0 unspecified atom stereocenters. The Labute approximate surface area is 179 Å². The zero-order chi connectivity index (χ0) is 21.1. The summed E-state index contributed by atoms with van der Waals surface area (Å²) in [5.74, 6) is 1.31. The van der Waals surface area contributed by atoms with Gasteiger partial charge in [0.2, 0.25) is 0 Å². The van der Waals surface area contributed by atoms with E-state index in [9.17, 15) is 9.67 Å². The minimum Gasteiger partial charge on any atom is -0.387 e. The summed E-state index contributed by atoms with van der Waals surface area (Å²) in [6.07, 6.45) is 18.7. The molecule has 4 nitrogen and oxygen atoms in total. The lowest BCUT2D eigenvalue weighted by molar-refractivity contribution is 0.158. The lowest BCUT2D eigenvalue weighted by atomic mass is 10.0. The molecule has 0 saturated heterocycles. The Morgan fingerprint density at radius 3 is 1.96 bits per heavy atom. The first-order valence-corrected chi connectivity index (χ1v) is 12.8. The molecule has 166 valence electrons. The highest BCUT2D eigenvalue weighted by atomic mass is 32.2. The highest BCUT2D eigenvalue weighted by Gasteiger charge is 2.11. The van der Waals surface area contributed by atoms with Crippen molar-refractivity contribution in [1.82, 2.24) is 0 Å². The first-order chi connectivity index (χ1) is 13.4. The van der Waals surface area contributed by atoms with Gasteiger partial charge < -0.3 is 10.8 Å². The maximum absolute atomic E-state index is 10.2. The Morgan fingerprint density at radius 2 is 1.46 bits per heavy atom. The molecule has 0 heterocycles. The fourth-order valence-corrected chi connectivity index (χ4v) is 4.12. The van der Waals surface area contributed by atoms with Gasteiger partial charge in [-0.1, -0.05) is 90.7 Å². The van der Waals surface area contributed by atoms with Crippen molar-refractivity contribution < 1.29 is 14.2 Å². The van der Waals surface area contributed by atoms with Crippen LogP contribution in [0.25, 0.3) is 0 Å². The van der Waals surface area contributed by atoms with E-state index in [4.69, 9.17) is 5.73 Å². The standard InChI is InChI=1S/C22H44NO3PS/c1-22(2,3)28-18-16-14-12-10-8-6-4-5-7-9-11-13-15-17-21(24)20(23)19-26-27-25/h15,17,20-21,24H,4-14,16,18-19,23H2,1-3H3/b17-15+/t20-,21+/m0/s1. The first kappa shape index (κ1) is 28.1. The summed E-state index contributed by atoms with van der Waals surface area (Å²) in [7, 11) is -0.396. The molecule has 0 aromatic rings. The van der Waals surface area contributed by atoms with Crippen molar-refractivity contribution in [3.05, 3.63) is 12.2 Å². The van der Waals surface area contributed by atoms with Gasteiger partial charge in [0.25, 0.3) is 0 Å². The number of unbranched alkanes of at least 4 members (excludes halogenated alkanes) is 11. The molecule has 0 amide bonds. The van der Waals surface area contributed by atoms with Crippen LogP contribution in [0.15, 0.2) is 12.2 Å². The fraction of sp³-hybridized carbons (Fsp3) is 0.909. The quantitative estimate of drug-likeness (QED) is 0.135. The molecule has 2 atom stereocenters. The first-order valence-electron chi connectivity index (χ1n) is 11.1. The summed E-state index contributed by atoms with van der Waals surface area (Å²) in [6, 6.07) is -0.528. The molecule has 28 heavy (non-hydrogen) atoms. The van der Waals surface area contributed by atoms with Crippen LogP contribution >= 0.6 is 20.4 Å². The van der Waals surface area contributed by atoms with Crippen LogP contribution in [0.2, 0.25) is 0 Å². The number of aliphatic hydroxyl groups excluding tert-OH is 1. The lowest BCUT2D eigenvalue weighted by Gasteiger charge is -2.17. The molecular weight excluding hydrogens is 389 g/mol. The molecular formula is C22H44NO3PS. The summed E-state index contributed by atoms with van der Waals surface area (Å²) >= 11 is 2.09. The van der Waals surface area contributed by atoms with Gasteiger partial charge in [0.15, 0.2) is 0 Å². The molecule has 0 bridgehead atoms. The molecule has 0 aromatic carbocycles. The van der Waals surface area contributed by atoms with Gasteiger partial charge in [-0.15, -0.1) is 0 Å². The van der Waals surface area contributed by atoms with Gasteiger partial charge in [-0.3, -0.25) is 4.52 Å². The number of hydrogen-bond acceptors (Lipinski definition) is 5. The van der Waals surface area contributed by atoms with Crippen LogP contribution in [0.5, 0.6) is 0 Å². The summed E-state index contributed by atoms with van der Waals surface area (Å²) in [6.45, 7) is 6.98. The van der Waals surface area contributed by atoms with Crippen molar-refractivity contribution in [1.29, 1.82) is 0 Å². The van der Waals surface area contributed by atoms with Crippen LogP contribution in [0, 0.1) is 0 Å². The molecule has 0 rings (SSSR count). The summed E-state index contributed by atoms with van der Waals surface area (Å²) in [4.78, 5) is 0. The van der Waals surface area contributed by atoms with Gasteiger partial charge in [0.1, 0.15) is 0 Å². The van der Waals surface area contributed by atoms with E-state index < -0.39 is 20.8 Å². The number of aliphatic hydroxyl groups is 1. The third-order valence-corrected chi connectivity index (χ3v) is 6.26. The lowest BCUT2D eigenvalue weighted by Crippen LogP contribution is -2.36. The van der Waals surface area contributed by atoms with Crippen LogP contribution in [-0.2, 0) is 9.09 Å². The van der Waals surface area contributed by atoms with Gasteiger partial charge in [0, 0.05) is 4.75 Å². The maximum atomic E-state index is 10.2. The second-order valence-electron chi connectivity index (χ2n) is 8.59. The van der Waals surface area contributed by atoms with E-state index in [0.717, 1.165) is 12.8 Å². The van der Waals surface area contributed by atoms with Crippen molar-refractivity contribution in [3.8, 4) is 0 Å². The van der Waals surface area contributed by atoms with E-state index in [1.807, 2.05) is 6.08 Å². The molecule has 0 aliphatic carbocycles. The third kappa shape index (κ3) is 20.8. The van der Waals surface area contributed by atoms with E-state index in [-0.39, 0.29) is 6.61 Å². The Bertz CT molecular complexity index is 388. The second kappa shape index (κ2) is 19.1. The zero-order valence-electron chi connectivity index (χ0n) is 18.4. The molecule has 0 aliphatic heterocycles. The molecule has 0 fully saturated rings. The van der Waals surface area contributed by atoms with E-state index in [1.54, 1.807) is 6.08 Å². The minimum atomic E-state index is -0.737. The Morgan fingerprint density at radius 1 is 0.964 bits per heavy atom. The van der Waals surface area contributed by atoms with Crippen molar-refractivity contribution in [2.75, 3.05) is 12.4 Å². The molecule has 0 saturated carbocycles. The summed E-state index contributed by atoms with van der Waals surface area (Å²) in [5.41, 5.74) is 5.71. The largest absolute Gasteiger partial charge is 0.387 e. The van der Waals surface area contributed by atoms with Crippen molar-refractivity contribution in [2.45, 2.75) is 115 Å². The summed E-state index contributed by atoms with van der Waals surface area (Å²) in [5, 5.41) is 9.78. The molecule has 0 aromatic heterocycles. The molecule has 3 N–H and O–H groups in total. The topological polar surface area (TPSA) is 72.6 Å². The van der Waals surface area contributed by atoms with E-state index >= 15 is 0 Å². The molecule has 0 aliphatic rings. The molecule has 0 spiro atoms. The van der Waals surface area contributed by atoms with E-state index in [1.165, 1.54) is 70.0 Å². The summed E-state index contributed by atoms with van der Waals surface area (Å²) < 4.78 is 15.3. The Kier molecular flexibility index (Phi) is 19.1. The van der Waals surface area contributed by atoms with Gasteiger partial charge in [-0.25, -0.2) is 4.57 Å². The van der Waals surface area contributed by atoms with Gasteiger partial charge in [0.05, 0.1) is 18.8 Å². The number of hydrogen-bond donors (Lipinski definition) is 2. The van der Waals surface area contributed by atoms with Gasteiger partial charge >= 0.3 is 8.69 Å².